The van der Waals surface area contributed by atoms with Gasteiger partial charge in [0.15, 0.2) is 5.96 Å². The SMILES string of the molecule is CN=C(NCCS(C)(=O)=O)NCc1sc(C)nc1C.I. The van der Waals surface area contributed by atoms with E-state index in [1.54, 1.807) is 18.4 Å². The van der Waals surface area contributed by atoms with E-state index in [1.165, 1.54) is 6.26 Å². The molecule has 0 saturated heterocycles. The molecule has 1 rings (SSSR count). The van der Waals surface area contributed by atoms with Crippen LogP contribution in [0.5, 0.6) is 0 Å². The van der Waals surface area contributed by atoms with Crippen molar-refractivity contribution in [2.45, 2.75) is 20.4 Å². The lowest BCUT2D eigenvalue weighted by atomic mass is 10.4. The number of thiazole rings is 1. The Labute approximate surface area is 141 Å². The summed E-state index contributed by atoms with van der Waals surface area (Å²) in [5.74, 6) is 0.681. The Morgan fingerprint density at radius 3 is 2.45 bits per heavy atom. The van der Waals surface area contributed by atoms with Crippen molar-refractivity contribution in [1.82, 2.24) is 15.6 Å². The molecule has 1 aromatic rings. The standard InChI is InChI=1S/C11H20N4O2S2.HI/c1-8-10(18-9(2)15-8)7-14-11(12-3)13-5-6-19(4,16)17;/h5-7H2,1-4H3,(H2,12,13,14);1H. The Hall–Kier alpha value is -0.420. The topological polar surface area (TPSA) is 83.5 Å². The van der Waals surface area contributed by atoms with Crippen LogP contribution in [0.25, 0.3) is 0 Å². The van der Waals surface area contributed by atoms with Crippen LogP contribution >= 0.6 is 35.3 Å². The second-order valence-electron chi connectivity index (χ2n) is 4.22. The van der Waals surface area contributed by atoms with Crippen molar-refractivity contribution in [2.75, 3.05) is 25.6 Å². The van der Waals surface area contributed by atoms with Gasteiger partial charge in [0.2, 0.25) is 0 Å². The van der Waals surface area contributed by atoms with Crippen LogP contribution in [0.2, 0.25) is 0 Å². The van der Waals surface area contributed by atoms with Crippen LogP contribution in [0.4, 0.5) is 0 Å². The molecule has 0 saturated carbocycles. The van der Waals surface area contributed by atoms with Gasteiger partial charge in [-0.15, -0.1) is 35.3 Å². The number of guanidine groups is 1. The number of hydrogen-bond acceptors (Lipinski definition) is 5. The summed E-state index contributed by atoms with van der Waals surface area (Å²) in [6, 6.07) is 0. The predicted molar refractivity (Wildman–Crippen MR) is 94.9 cm³/mol. The smallest absolute Gasteiger partial charge is 0.191 e. The summed E-state index contributed by atoms with van der Waals surface area (Å²) in [4.78, 5) is 9.55. The highest BCUT2D eigenvalue weighted by molar-refractivity contribution is 14.0. The van der Waals surface area contributed by atoms with Crippen molar-refractivity contribution < 1.29 is 8.42 Å². The average molecular weight is 432 g/mol. The molecule has 6 nitrogen and oxygen atoms in total. The normalized spacial score (nSPS) is 11.9. The van der Waals surface area contributed by atoms with Crippen LogP contribution in [0.3, 0.4) is 0 Å². The lowest BCUT2D eigenvalue weighted by Gasteiger charge is -2.10. The van der Waals surface area contributed by atoms with Crippen molar-refractivity contribution in [1.29, 1.82) is 0 Å². The summed E-state index contributed by atoms with van der Waals surface area (Å²) in [7, 11) is -1.30. The molecule has 0 aliphatic rings. The summed E-state index contributed by atoms with van der Waals surface area (Å²) in [6.07, 6.45) is 1.22. The molecule has 9 heteroatoms. The highest BCUT2D eigenvalue weighted by Gasteiger charge is 2.06. The number of rotatable bonds is 5. The lowest BCUT2D eigenvalue weighted by molar-refractivity contribution is 0.600. The van der Waals surface area contributed by atoms with E-state index in [4.69, 9.17) is 0 Å². The molecule has 0 amide bonds. The number of nitrogens with one attached hydrogen (secondary N) is 2. The maximum Gasteiger partial charge on any atom is 0.191 e. The Kier molecular flexibility index (Phi) is 8.59. The van der Waals surface area contributed by atoms with E-state index in [-0.39, 0.29) is 29.7 Å². The van der Waals surface area contributed by atoms with E-state index in [2.05, 4.69) is 20.6 Å². The minimum atomic E-state index is -2.95. The fourth-order valence-electron chi connectivity index (χ4n) is 1.48. The maximum absolute atomic E-state index is 11.0. The number of aromatic nitrogens is 1. The van der Waals surface area contributed by atoms with Crippen LogP contribution < -0.4 is 10.6 Å². The van der Waals surface area contributed by atoms with Gasteiger partial charge in [-0.1, -0.05) is 0 Å². The molecule has 0 aliphatic heterocycles. The second-order valence-corrected chi connectivity index (χ2v) is 7.77. The third-order valence-electron chi connectivity index (χ3n) is 2.40. The van der Waals surface area contributed by atoms with E-state index in [0.717, 1.165) is 15.6 Å². The van der Waals surface area contributed by atoms with E-state index in [0.29, 0.717) is 19.0 Å². The van der Waals surface area contributed by atoms with Crippen molar-refractivity contribution in [3.63, 3.8) is 0 Å². The third kappa shape index (κ3) is 7.39. The van der Waals surface area contributed by atoms with Crippen molar-refractivity contribution in [3.8, 4) is 0 Å². The zero-order valence-electron chi connectivity index (χ0n) is 12.1. The highest BCUT2D eigenvalue weighted by Crippen LogP contribution is 2.16. The van der Waals surface area contributed by atoms with Gasteiger partial charge in [-0.3, -0.25) is 4.99 Å². The first-order valence-electron chi connectivity index (χ1n) is 5.87. The van der Waals surface area contributed by atoms with Crippen LogP contribution in [0.15, 0.2) is 4.99 Å². The summed E-state index contributed by atoms with van der Waals surface area (Å²) in [5.41, 5.74) is 1.02. The fourth-order valence-corrected chi connectivity index (χ4v) is 2.83. The largest absolute Gasteiger partial charge is 0.355 e. The molecule has 0 atom stereocenters. The maximum atomic E-state index is 11.0. The van der Waals surface area contributed by atoms with Gasteiger partial charge in [0.25, 0.3) is 0 Å². The van der Waals surface area contributed by atoms with Gasteiger partial charge < -0.3 is 10.6 Å². The fraction of sp³-hybridized carbons (Fsp3) is 0.636. The average Bonchev–Trinajstić information content (AvgIpc) is 2.60. The molecule has 0 unspecified atom stereocenters. The third-order valence-corrected chi connectivity index (χ3v) is 4.42. The quantitative estimate of drug-likeness (QED) is 0.414. The Bertz CT molecular complexity index is 555. The van der Waals surface area contributed by atoms with E-state index < -0.39 is 9.84 Å². The Morgan fingerprint density at radius 1 is 1.35 bits per heavy atom. The summed E-state index contributed by atoms with van der Waals surface area (Å²) < 4.78 is 22.0. The van der Waals surface area contributed by atoms with E-state index >= 15 is 0 Å². The number of aryl methyl sites for hydroxylation is 2. The molecule has 2 N–H and O–H groups in total. The van der Waals surface area contributed by atoms with Gasteiger partial charge >= 0.3 is 0 Å². The molecular formula is C11H21IN4O2S2. The number of sulfone groups is 1. The predicted octanol–water partition coefficient (Wildman–Crippen LogP) is 1.09. The second kappa shape index (κ2) is 8.78. The molecular weight excluding hydrogens is 411 g/mol. The first-order valence-corrected chi connectivity index (χ1v) is 8.74. The van der Waals surface area contributed by atoms with Gasteiger partial charge in [-0.05, 0) is 13.8 Å². The number of hydrogen-bond donors (Lipinski definition) is 2. The molecule has 0 fully saturated rings. The van der Waals surface area contributed by atoms with Gasteiger partial charge in [-0.25, -0.2) is 13.4 Å². The van der Waals surface area contributed by atoms with Crippen molar-refractivity contribution in [2.24, 2.45) is 4.99 Å². The Balaban J connectivity index is 0.00000361. The van der Waals surface area contributed by atoms with Gasteiger partial charge in [-0.2, -0.15) is 0 Å². The van der Waals surface area contributed by atoms with E-state index in [1.807, 2.05) is 13.8 Å². The number of aliphatic imine (C=N–C) groups is 1. The highest BCUT2D eigenvalue weighted by atomic mass is 127. The first-order chi connectivity index (χ1) is 8.81. The number of halogens is 1. The summed E-state index contributed by atoms with van der Waals surface area (Å²) in [5, 5.41) is 7.14. The van der Waals surface area contributed by atoms with Crippen molar-refractivity contribution in [3.05, 3.63) is 15.6 Å². The monoisotopic (exact) mass is 432 g/mol. The molecule has 0 spiro atoms. The van der Waals surface area contributed by atoms with Crippen molar-refractivity contribution >= 4 is 51.1 Å². The van der Waals surface area contributed by atoms with Crippen LogP contribution in [0.1, 0.15) is 15.6 Å². The van der Waals surface area contributed by atoms with Crippen LogP contribution in [-0.2, 0) is 16.4 Å². The first kappa shape index (κ1) is 19.6. The Morgan fingerprint density at radius 2 is 2.00 bits per heavy atom. The minimum absolute atomic E-state index is 0. The summed E-state index contributed by atoms with van der Waals surface area (Å²) in [6.45, 7) is 4.93. The molecule has 1 heterocycles. The lowest BCUT2D eigenvalue weighted by Crippen LogP contribution is -2.39. The van der Waals surface area contributed by atoms with E-state index in [9.17, 15) is 8.42 Å². The van der Waals surface area contributed by atoms with Crippen LogP contribution in [-0.4, -0.2) is 45.0 Å². The minimum Gasteiger partial charge on any atom is -0.355 e. The summed E-state index contributed by atoms with van der Waals surface area (Å²) >= 11 is 1.64. The molecule has 20 heavy (non-hydrogen) atoms. The van der Waals surface area contributed by atoms with Gasteiger partial charge in [0, 0.05) is 24.7 Å². The molecule has 1 aromatic heterocycles. The van der Waals surface area contributed by atoms with Gasteiger partial charge in [0.1, 0.15) is 9.84 Å². The number of nitrogens with zero attached hydrogens (tertiary/aromatic N) is 2. The molecule has 0 bridgehead atoms. The van der Waals surface area contributed by atoms with Crippen LogP contribution in [0, 0.1) is 13.8 Å². The molecule has 0 aromatic carbocycles. The zero-order valence-corrected chi connectivity index (χ0v) is 16.0. The zero-order chi connectivity index (χ0) is 14.5. The molecule has 0 radical (unpaired) electrons. The molecule has 0 aliphatic carbocycles. The molecule has 116 valence electrons. The van der Waals surface area contributed by atoms with Gasteiger partial charge in [0.05, 0.1) is 23.0 Å².